The summed E-state index contributed by atoms with van der Waals surface area (Å²) in [6, 6.07) is 4.37. The molecular weight excluding hydrogens is 384 g/mol. The van der Waals surface area contributed by atoms with Gasteiger partial charge in [0.1, 0.15) is 0 Å². The fraction of sp³-hybridized carbons (Fsp3) is 0.565. The molecule has 1 aromatic carbocycles. The van der Waals surface area contributed by atoms with Crippen LogP contribution in [0, 0.1) is 5.92 Å². The van der Waals surface area contributed by atoms with E-state index in [1.54, 1.807) is 4.90 Å². The van der Waals surface area contributed by atoms with E-state index in [4.69, 9.17) is 4.74 Å². The summed E-state index contributed by atoms with van der Waals surface area (Å²) >= 11 is 0. The second-order valence-electron chi connectivity index (χ2n) is 8.70. The molecule has 7 nitrogen and oxygen atoms in total. The molecule has 3 aliphatic rings. The number of hydrogen-bond acceptors (Lipinski definition) is 5. The minimum atomic E-state index is -0.660. The normalized spacial score (nSPS) is 22.2. The number of benzene rings is 1. The van der Waals surface area contributed by atoms with Crippen LogP contribution in [0.1, 0.15) is 82.9 Å². The standard InChI is InChI=1S/C23H28N2O5/c1-15-6-5-11-24(13-15)20(26)14-30-23(29)16-9-10-18-19(12-16)22(28)25(21(18)27)17-7-3-2-4-8-17/h9-10,12,15,17H,2-8,11,13-14H2,1H3/t15-/m1/s1. The number of hydrogen-bond donors (Lipinski definition) is 0. The molecule has 0 aromatic heterocycles. The summed E-state index contributed by atoms with van der Waals surface area (Å²) in [4.78, 5) is 53.5. The zero-order valence-electron chi connectivity index (χ0n) is 17.4. The number of esters is 1. The monoisotopic (exact) mass is 412 g/mol. The van der Waals surface area contributed by atoms with Crippen molar-refractivity contribution in [3.05, 3.63) is 34.9 Å². The van der Waals surface area contributed by atoms with Crippen molar-refractivity contribution in [1.29, 1.82) is 0 Å². The largest absolute Gasteiger partial charge is 0.452 e. The smallest absolute Gasteiger partial charge is 0.338 e. The van der Waals surface area contributed by atoms with Crippen molar-refractivity contribution in [1.82, 2.24) is 9.80 Å². The predicted octanol–water partition coefficient (Wildman–Crippen LogP) is 3.03. The second kappa shape index (κ2) is 8.58. The van der Waals surface area contributed by atoms with E-state index >= 15 is 0 Å². The first-order valence-corrected chi connectivity index (χ1v) is 10.9. The molecule has 1 aromatic rings. The van der Waals surface area contributed by atoms with Crippen molar-refractivity contribution < 1.29 is 23.9 Å². The van der Waals surface area contributed by atoms with Crippen molar-refractivity contribution in [2.45, 2.75) is 57.9 Å². The van der Waals surface area contributed by atoms with E-state index < -0.39 is 5.97 Å². The van der Waals surface area contributed by atoms with E-state index in [1.807, 2.05) is 0 Å². The Balaban J connectivity index is 1.41. The topological polar surface area (TPSA) is 84.0 Å². The first kappa shape index (κ1) is 20.6. The lowest BCUT2D eigenvalue weighted by Crippen LogP contribution is -2.41. The Morgan fingerprint density at radius 2 is 1.73 bits per heavy atom. The Hall–Kier alpha value is -2.70. The molecule has 160 valence electrons. The molecule has 30 heavy (non-hydrogen) atoms. The highest BCUT2D eigenvalue weighted by atomic mass is 16.5. The number of nitrogens with zero attached hydrogens (tertiary/aromatic N) is 2. The van der Waals surface area contributed by atoms with Crippen molar-refractivity contribution >= 4 is 23.7 Å². The molecule has 1 atom stereocenters. The van der Waals surface area contributed by atoms with Gasteiger partial charge >= 0.3 is 5.97 Å². The van der Waals surface area contributed by atoms with Crippen LogP contribution in [-0.2, 0) is 9.53 Å². The number of likely N-dealkylation sites (tertiary alicyclic amines) is 1. The van der Waals surface area contributed by atoms with Crippen LogP contribution in [0.3, 0.4) is 0 Å². The maximum absolute atomic E-state index is 12.9. The number of amides is 3. The zero-order valence-corrected chi connectivity index (χ0v) is 17.4. The van der Waals surface area contributed by atoms with Gasteiger partial charge in [-0.05, 0) is 49.8 Å². The number of imide groups is 1. The van der Waals surface area contributed by atoms with Crippen LogP contribution in [-0.4, -0.2) is 59.2 Å². The van der Waals surface area contributed by atoms with Crippen LogP contribution >= 0.6 is 0 Å². The summed E-state index contributed by atoms with van der Waals surface area (Å²) in [5.74, 6) is -1.03. The molecule has 1 saturated heterocycles. The summed E-state index contributed by atoms with van der Waals surface area (Å²) in [5.41, 5.74) is 0.761. The van der Waals surface area contributed by atoms with Gasteiger partial charge in [0.25, 0.3) is 17.7 Å². The van der Waals surface area contributed by atoms with Crippen LogP contribution in [0.25, 0.3) is 0 Å². The number of fused-ring (bicyclic) bond motifs is 1. The molecule has 0 N–H and O–H groups in total. The Morgan fingerprint density at radius 3 is 2.47 bits per heavy atom. The van der Waals surface area contributed by atoms with E-state index in [-0.39, 0.29) is 41.5 Å². The summed E-state index contributed by atoms with van der Waals surface area (Å²) in [7, 11) is 0. The molecule has 0 bridgehead atoms. The molecular formula is C23H28N2O5. The second-order valence-corrected chi connectivity index (χ2v) is 8.70. The van der Waals surface area contributed by atoms with E-state index in [1.165, 1.54) is 23.1 Å². The highest BCUT2D eigenvalue weighted by Crippen LogP contribution is 2.31. The maximum Gasteiger partial charge on any atom is 0.338 e. The van der Waals surface area contributed by atoms with Gasteiger partial charge in [-0.1, -0.05) is 26.2 Å². The number of piperidine rings is 1. The number of carbonyl (C=O) groups is 4. The maximum atomic E-state index is 12.9. The lowest BCUT2D eigenvalue weighted by molar-refractivity contribution is -0.136. The van der Waals surface area contributed by atoms with Crippen molar-refractivity contribution in [3.63, 3.8) is 0 Å². The molecule has 0 radical (unpaired) electrons. The van der Waals surface area contributed by atoms with E-state index in [9.17, 15) is 19.2 Å². The summed E-state index contributed by atoms with van der Waals surface area (Å²) in [6.45, 7) is 3.16. The molecule has 1 saturated carbocycles. The summed E-state index contributed by atoms with van der Waals surface area (Å²) in [6.07, 6.45) is 6.88. The summed E-state index contributed by atoms with van der Waals surface area (Å²) in [5, 5.41) is 0. The number of ether oxygens (including phenoxy) is 1. The van der Waals surface area contributed by atoms with E-state index in [2.05, 4.69) is 6.92 Å². The Kier molecular flexibility index (Phi) is 5.88. The average molecular weight is 412 g/mol. The molecule has 2 aliphatic heterocycles. The fourth-order valence-electron chi connectivity index (χ4n) is 4.78. The first-order valence-electron chi connectivity index (χ1n) is 10.9. The van der Waals surface area contributed by atoms with Crippen LogP contribution in [0.15, 0.2) is 18.2 Å². The van der Waals surface area contributed by atoms with Gasteiger partial charge in [-0.3, -0.25) is 19.3 Å². The highest BCUT2D eigenvalue weighted by molar-refractivity contribution is 6.22. The van der Waals surface area contributed by atoms with Gasteiger partial charge in [-0.15, -0.1) is 0 Å². The van der Waals surface area contributed by atoms with Crippen LogP contribution in [0.5, 0.6) is 0 Å². The van der Waals surface area contributed by atoms with Gasteiger partial charge in [-0.2, -0.15) is 0 Å². The average Bonchev–Trinajstić information content (AvgIpc) is 3.02. The Labute approximate surface area is 176 Å². The molecule has 7 heteroatoms. The lowest BCUT2D eigenvalue weighted by Gasteiger charge is -2.30. The van der Waals surface area contributed by atoms with Crippen molar-refractivity contribution in [2.24, 2.45) is 5.92 Å². The fourth-order valence-corrected chi connectivity index (χ4v) is 4.78. The third-order valence-electron chi connectivity index (χ3n) is 6.43. The van der Waals surface area contributed by atoms with Gasteiger partial charge in [0.05, 0.1) is 16.7 Å². The molecule has 4 rings (SSSR count). The minimum absolute atomic E-state index is 0.0638. The van der Waals surface area contributed by atoms with Crippen molar-refractivity contribution in [3.8, 4) is 0 Å². The van der Waals surface area contributed by atoms with Gasteiger partial charge < -0.3 is 9.64 Å². The van der Waals surface area contributed by atoms with E-state index in [0.29, 0.717) is 24.6 Å². The SMILES string of the molecule is C[C@@H]1CCCN(C(=O)COC(=O)c2ccc3c(c2)C(=O)N(C2CCCCC2)C3=O)C1. The van der Waals surface area contributed by atoms with Crippen LogP contribution < -0.4 is 0 Å². The third-order valence-corrected chi connectivity index (χ3v) is 6.43. The molecule has 0 unspecified atom stereocenters. The third kappa shape index (κ3) is 3.98. The molecule has 3 amide bonds. The number of rotatable bonds is 4. The number of carbonyl (C=O) groups excluding carboxylic acids is 4. The molecule has 0 spiro atoms. The minimum Gasteiger partial charge on any atom is -0.452 e. The van der Waals surface area contributed by atoms with Crippen molar-refractivity contribution in [2.75, 3.05) is 19.7 Å². The van der Waals surface area contributed by atoms with Gasteiger partial charge in [0.15, 0.2) is 6.61 Å². The van der Waals surface area contributed by atoms with Crippen LogP contribution in [0.2, 0.25) is 0 Å². The van der Waals surface area contributed by atoms with E-state index in [0.717, 1.165) is 44.9 Å². The summed E-state index contributed by atoms with van der Waals surface area (Å²) < 4.78 is 5.20. The molecule has 2 heterocycles. The Morgan fingerprint density at radius 1 is 1.00 bits per heavy atom. The van der Waals surface area contributed by atoms with Gasteiger partial charge in [-0.25, -0.2) is 4.79 Å². The molecule has 1 aliphatic carbocycles. The van der Waals surface area contributed by atoms with Gasteiger partial charge in [0.2, 0.25) is 0 Å². The Bertz CT molecular complexity index is 874. The first-order chi connectivity index (χ1) is 14.5. The quantitative estimate of drug-likeness (QED) is 0.561. The molecule has 2 fully saturated rings. The predicted molar refractivity (Wildman–Crippen MR) is 109 cm³/mol. The van der Waals surface area contributed by atoms with Crippen LogP contribution in [0.4, 0.5) is 0 Å². The highest BCUT2D eigenvalue weighted by Gasteiger charge is 2.40. The lowest BCUT2D eigenvalue weighted by atomic mass is 9.94. The van der Waals surface area contributed by atoms with Gasteiger partial charge in [0, 0.05) is 19.1 Å². The zero-order chi connectivity index (χ0) is 21.3.